The van der Waals surface area contributed by atoms with Gasteiger partial charge in [0.1, 0.15) is 0 Å². The number of carbonyl (C=O) groups excluding carboxylic acids is 1. The molecule has 5 heteroatoms. The van der Waals surface area contributed by atoms with Crippen LogP contribution in [0.3, 0.4) is 0 Å². The first-order valence-corrected chi connectivity index (χ1v) is 9.71. The average Bonchev–Trinajstić information content (AvgIpc) is 3.10. The lowest BCUT2D eigenvalue weighted by Gasteiger charge is -2.12. The lowest BCUT2D eigenvalue weighted by molar-refractivity contribution is -0.117. The molecule has 0 saturated carbocycles. The van der Waals surface area contributed by atoms with E-state index in [1.54, 1.807) is 0 Å². The van der Waals surface area contributed by atoms with Crippen molar-refractivity contribution >= 4 is 22.4 Å². The molecule has 1 aliphatic heterocycles. The summed E-state index contributed by atoms with van der Waals surface area (Å²) in [7, 11) is -0.970. The van der Waals surface area contributed by atoms with Crippen molar-refractivity contribution in [2.24, 2.45) is 0 Å². The number of amides is 1. The molecule has 2 unspecified atom stereocenters. The van der Waals surface area contributed by atoms with E-state index in [9.17, 15) is 9.00 Å². The van der Waals surface area contributed by atoms with Gasteiger partial charge in [-0.15, -0.1) is 0 Å². The minimum absolute atomic E-state index is 0.00931. The van der Waals surface area contributed by atoms with E-state index in [2.05, 4.69) is 10.6 Å². The molecule has 0 aliphatic carbocycles. The summed E-state index contributed by atoms with van der Waals surface area (Å²) in [6.07, 6.45) is 1.92. The molecule has 2 atom stereocenters. The summed E-state index contributed by atoms with van der Waals surface area (Å²) in [6.45, 7) is 0.899. The fourth-order valence-corrected chi connectivity index (χ4v) is 4.09. The molecule has 0 spiro atoms. The molecule has 1 aliphatic rings. The fourth-order valence-electron chi connectivity index (χ4n) is 2.87. The highest BCUT2D eigenvalue weighted by Crippen LogP contribution is 2.16. The zero-order valence-corrected chi connectivity index (χ0v) is 14.4. The molecule has 1 amide bonds. The Kier molecular flexibility index (Phi) is 5.77. The number of carbonyl (C=O) groups is 1. The van der Waals surface area contributed by atoms with E-state index in [1.807, 2.05) is 54.6 Å². The Hall–Kier alpha value is -1.98. The Bertz CT molecular complexity index is 712. The Morgan fingerprint density at radius 3 is 2.58 bits per heavy atom. The van der Waals surface area contributed by atoms with Crippen molar-refractivity contribution in [3.8, 4) is 0 Å². The third-order valence-corrected chi connectivity index (χ3v) is 5.38. The third-order valence-electron chi connectivity index (χ3n) is 4.07. The second-order valence-corrected chi connectivity index (χ2v) is 7.51. The van der Waals surface area contributed by atoms with Crippen molar-refractivity contribution in [1.82, 2.24) is 5.32 Å². The Morgan fingerprint density at radius 2 is 1.83 bits per heavy atom. The molecule has 24 heavy (non-hydrogen) atoms. The van der Waals surface area contributed by atoms with Crippen LogP contribution in [0.4, 0.5) is 5.69 Å². The van der Waals surface area contributed by atoms with Gasteiger partial charge in [-0.1, -0.05) is 42.5 Å². The average molecular weight is 342 g/mol. The van der Waals surface area contributed by atoms with E-state index in [-0.39, 0.29) is 11.9 Å². The van der Waals surface area contributed by atoms with Gasteiger partial charge < -0.3 is 10.6 Å². The molecule has 2 aromatic carbocycles. The summed E-state index contributed by atoms with van der Waals surface area (Å²) in [5.41, 5.74) is 2.82. The standard InChI is InChI=1S/C19H22N2O2S/c22-19(18-10-5-11-20-18)21-17-9-4-8-16(12-17)14-24(23)13-15-6-2-1-3-7-15/h1-4,6-9,12,18,20H,5,10-11,13-14H2,(H,21,22). The van der Waals surface area contributed by atoms with Crippen molar-refractivity contribution in [2.75, 3.05) is 11.9 Å². The zero-order valence-electron chi connectivity index (χ0n) is 13.5. The van der Waals surface area contributed by atoms with Crippen LogP contribution in [0.15, 0.2) is 54.6 Å². The molecular formula is C19H22N2O2S. The van der Waals surface area contributed by atoms with Gasteiger partial charge in [0, 0.05) is 28.0 Å². The molecule has 4 nitrogen and oxygen atoms in total. The van der Waals surface area contributed by atoms with Gasteiger partial charge in [0.05, 0.1) is 6.04 Å². The van der Waals surface area contributed by atoms with Crippen molar-refractivity contribution < 1.29 is 9.00 Å². The Balaban J connectivity index is 1.58. The zero-order chi connectivity index (χ0) is 16.8. The van der Waals surface area contributed by atoms with E-state index in [1.165, 1.54) is 0 Å². The SMILES string of the molecule is O=C(Nc1cccc(CS(=O)Cc2ccccc2)c1)C1CCCN1. The smallest absolute Gasteiger partial charge is 0.241 e. The topological polar surface area (TPSA) is 58.2 Å². The van der Waals surface area contributed by atoms with Gasteiger partial charge in [0.15, 0.2) is 0 Å². The molecule has 126 valence electrons. The monoisotopic (exact) mass is 342 g/mol. The minimum Gasteiger partial charge on any atom is -0.325 e. The van der Waals surface area contributed by atoms with E-state index in [0.717, 1.165) is 36.2 Å². The molecule has 3 rings (SSSR count). The predicted octanol–water partition coefficient (Wildman–Crippen LogP) is 2.83. The second kappa shape index (κ2) is 8.22. The van der Waals surface area contributed by atoms with Gasteiger partial charge in [0.25, 0.3) is 0 Å². The first-order valence-electron chi connectivity index (χ1n) is 8.23. The summed E-state index contributed by atoms with van der Waals surface area (Å²) in [4.78, 5) is 12.2. The largest absolute Gasteiger partial charge is 0.325 e. The van der Waals surface area contributed by atoms with Crippen molar-refractivity contribution in [2.45, 2.75) is 30.4 Å². The van der Waals surface area contributed by atoms with Crippen LogP contribution in [0, 0.1) is 0 Å². The third kappa shape index (κ3) is 4.76. The van der Waals surface area contributed by atoms with Crippen LogP contribution in [0.1, 0.15) is 24.0 Å². The highest BCUT2D eigenvalue weighted by atomic mass is 32.2. The van der Waals surface area contributed by atoms with Crippen LogP contribution >= 0.6 is 0 Å². The number of hydrogen-bond donors (Lipinski definition) is 2. The highest BCUT2D eigenvalue weighted by Gasteiger charge is 2.21. The highest BCUT2D eigenvalue weighted by molar-refractivity contribution is 7.83. The molecule has 1 saturated heterocycles. The molecule has 2 N–H and O–H groups in total. The quantitative estimate of drug-likeness (QED) is 0.849. The van der Waals surface area contributed by atoms with Gasteiger partial charge in [0.2, 0.25) is 5.91 Å². The van der Waals surface area contributed by atoms with E-state index in [0.29, 0.717) is 11.5 Å². The molecule has 0 aromatic heterocycles. The Labute approximate surface area is 145 Å². The summed E-state index contributed by atoms with van der Waals surface area (Å²) in [5, 5.41) is 6.14. The van der Waals surface area contributed by atoms with Gasteiger partial charge in [-0.05, 0) is 42.6 Å². The maximum Gasteiger partial charge on any atom is 0.241 e. The van der Waals surface area contributed by atoms with Crippen molar-refractivity contribution in [1.29, 1.82) is 0 Å². The van der Waals surface area contributed by atoms with E-state index < -0.39 is 10.8 Å². The molecular weight excluding hydrogens is 320 g/mol. The lowest BCUT2D eigenvalue weighted by atomic mass is 10.2. The van der Waals surface area contributed by atoms with Crippen LogP contribution < -0.4 is 10.6 Å². The Morgan fingerprint density at radius 1 is 1.08 bits per heavy atom. The van der Waals surface area contributed by atoms with Gasteiger partial charge in [-0.3, -0.25) is 9.00 Å². The van der Waals surface area contributed by atoms with Crippen molar-refractivity contribution in [3.63, 3.8) is 0 Å². The number of anilines is 1. The minimum atomic E-state index is -0.970. The lowest BCUT2D eigenvalue weighted by Crippen LogP contribution is -2.35. The summed E-state index contributed by atoms with van der Waals surface area (Å²) >= 11 is 0. The molecule has 0 bridgehead atoms. The van der Waals surface area contributed by atoms with Crippen LogP contribution in [0.2, 0.25) is 0 Å². The first kappa shape index (κ1) is 16.9. The number of nitrogens with one attached hydrogen (secondary N) is 2. The fraction of sp³-hybridized carbons (Fsp3) is 0.316. The molecule has 2 aromatic rings. The number of benzene rings is 2. The summed E-state index contributed by atoms with van der Waals surface area (Å²) < 4.78 is 12.3. The normalized spacial score (nSPS) is 18.2. The maximum absolute atomic E-state index is 12.3. The van der Waals surface area contributed by atoms with Crippen LogP contribution in [0.5, 0.6) is 0 Å². The van der Waals surface area contributed by atoms with E-state index >= 15 is 0 Å². The second-order valence-electron chi connectivity index (χ2n) is 6.05. The summed E-state index contributed by atoms with van der Waals surface area (Å²) in [6, 6.07) is 17.4. The number of hydrogen-bond acceptors (Lipinski definition) is 3. The molecule has 1 fully saturated rings. The van der Waals surface area contributed by atoms with Gasteiger partial charge in [-0.2, -0.15) is 0 Å². The summed E-state index contributed by atoms with van der Waals surface area (Å²) in [5.74, 6) is 1.04. The van der Waals surface area contributed by atoms with Gasteiger partial charge >= 0.3 is 0 Å². The van der Waals surface area contributed by atoms with E-state index in [4.69, 9.17) is 0 Å². The molecule has 1 heterocycles. The van der Waals surface area contributed by atoms with Crippen LogP contribution in [-0.4, -0.2) is 22.7 Å². The van der Waals surface area contributed by atoms with Crippen molar-refractivity contribution in [3.05, 3.63) is 65.7 Å². The number of rotatable bonds is 6. The molecule has 0 radical (unpaired) electrons. The van der Waals surface area contributed by atoms with Crippen LogP contribution in [-0.2, 0) is 27.1 Å². The maximum atomic E-state index is 12.3. The van der Waals surface area contributed by atoms with Crippen LogP contribution in [0.25, 0.3) is 0 Å². The first-order chi connectivity index (χ1) is 11.7. The predicted molar refractivity (Wildman–Crippen MR) is 98.1 cm³/mol. The van der Waals surface area contributed by atoms with Gasteiger partial charge in [-0.25, -0.2) is 0 Å².